The Bertz CT molecular complexity index is 2140. The maximum absolute atomic E-state index is 4.78. The Labute approximate surface area is 242 Å². The van der Waals surface area contributed by atoms with Crippen molar-refractivity contribution in [3.05, 3.63) is 146 Å². The Hall–Kier alpha value is -5.88. The molecule has 4 heterocycles. The van der Waals surface area contributed by atoms with Gasteiger partial charge in [0.2, 0.25) is 0 Å². The molecule has 0 bridgehead atoms. The Balaban J connectivity index is 1.32. The lowest BCUT2D eigenvalue weighted by Gasteiger charge is -2.12. The van der Waals surface area contributed by atoms with Gasteiger partial charge in [-0.15, -0.1) is 10.2 Å². The fourth-order valence-electron chi connectivity index (χ4n) is 5.68. The van der Waals surface area contributed by atoms with Crippen LogP contribution in [0.4, 0.5) is 0 Å². The van der Waals surface area contributed by atoms with Crippen LogP contribution in [0.3, 0.4) is 0 Å². The van der Waals surface area contributed by atoms with E-state index < -0.39 is 0 Å². The van der Waals surface area contributed by atoms with E-state index in [4.69, 9.17) is 9.97 Å². The molecule has 0 amide bonds. The van der Waals surface area contributed by atoms with Gasteiger partial charge in [0.1, 0.15) is 11.4 Å². The molecular formula is C36H24N6. The minimum Gasteiger partial charge on any atom is -0.309 e. The van der Waals surface area contributed by atoms with Crippen molar-refractivity contribution in [3.63, 3.8) is 0 Å². The standard InChI is InChI=1S/C36H24N6/c1-3-11-25(12-4-1)26-19-21-37-31(23-26)35-39-40-36(42(35)27-13-5-2-6-14-27)32-24-28(20-22-38-32)41-33-17-9-7-15-29(33)30-16-8-10-18-34(30)41/h1-24H. The molecule has 0 unspecified atom stereocenters. The number of hydrogen-bond acceptors (Lipinski definition) is 4. The highest BCUT2D eigenvalue weighted by atomic mass is 15.3. The van der Waals surface area contributed by atoms with Crippen LogP contribution in [0.25, 0.3) is 67.3 Å². The van der Waals surface area contributed by atoms with Gasteiger partial charge in [-0.25, -0.2) is 0 Å². The van der Waals surface area contributed by atoms with Gasteiger partial charge in [0.05, 0.1) is 11.0 Å². The van der Waals surface area contributed by atoms with Crippen molar-refractivity contribution < 1.29 is 0 Å². The van der Waals surface area contributed by atoms with Gasteiger partial charge >= 0.3 is 0 Å². The molecule has 198 valence electrons. The highest BCUT2D eigenvalue weighted by molar-refractivity contribution is 6.09. The molecule has 0 fully saturated rings. The van der Waals surface area contributed by atoms with Gasteiger partial charge in [-0.1, -0.05) is 84.9 Å². The minimum atomic E-state index is 0.644. The molecule has 0 aliphatic rings. The van der Waals surface area contributed by atoms with Crippen LogP contribution in [0.1, 0.15) is 0 Å². The van der Waals surface area contributed by atoms with Crippen LogP contribution >= 0.6 is 0 Å². The second-order valence-corrected chi connectivity index (χ2v) is 10.1. The first-order chi connectivity index (χ1) is 20.8. The van der Waals surface area contributed by atoms with Crippen molar-refractivity contribution >= 4 is 21.8 Å². The summed E-state index contributed by atoms with van der Waals surface area (Å²) in [6.07, 6.45) is 3.66. The van der Waals surface area contributed by atoms with Gasteiger partial charge in [-0.05, 0) is 59.7 Å². The Morgan fingerprint density at radius 1 is 0.405 bits per heavy atom. The Kier molecular flexibility index (Phi) is 5.67. The van der Waals surface area contributed by atoms with Crippen molar-refractivity contribution in [1.29, 1.82) is 0 Å². The molecular weight excluding hydrogens is 516 g/mol. The summed E-state index contributed by atoms with van der Waals surface area (Å²) in [6, 6.07) is 45.6. The van der Waals surface area contributed by atoms with Crippen molar-refractivity contribution in [1.82, 2.24) is 29.3 Å². The first kappa shape index (κ1) is 24.0. The number of aromatic nitrogens is 6. The van der Waals surface area contributed by atoms with E-state index in [1.807, 2.05) is 77.6 Å². The Morgan fingerprint density at radius 3 is 1.62 bits per heavy atom. The summed E-state index contributed by atoms with van der Waals surface area (Å²) in [5.41, 5.74) is 7.86. The molecule has 0 radical (unpaired) electrons. The summed E-state index contributed by atoms with van der Waals surface area (Å²) < 4.78 is 4.32. The second kappa shape index (κ2) is 9.94. The summed E-state index contributed by atoms with van der Waals surface area (Å²) in [4.78, 5) is 9.49. The third kappa shape index (κ3) is 3.97. The van der Waals surface area contributed by atoms with Crippen LogP contribution in [0.5, 0.6) is 0 Å². The SMILES string of the molecule is c1ccc(-c2ccnc(-c3nnc(-c4cc(-n5c6ccccc6c6ccccc65)ccn4)n3-c3ccccc3)c2)cc1. The molecule has 8 rings (SSSR count). The molecule has 0 spiro atoms. The average Bonchev–Trinajstić information content (AvgIpc) is 3.66. The largest absolute Gasteiger partial charge is 0.309 e. The van der Waals surface area contributed by atoms with Gasteiger partial charge in [-0.2, -0.15) is 0 Å². The monoisotopic (exact) mass is 540 g/mol. The quantitative estimate of drug-likeness (QED) is 0.221. The van der Waals surface area contributed by atoms with Crippen LogP contribution in [0.15, 0.2) is 146 Å². The summed E-state index contributed by atoms with van der Waals surface area (Å²) in [6.45, 7) is 0. The van der Waals surface area contributed by atoms with E-state index in [0.29, 0.717) is 11.6 Å². The summed E-state index contributed by atoms with van der Waals surface area (Å²) >= 11 is 0. The predicted octanol–water partition coefficient (Wildman–Crippen LogP) is 8.16. The highest BCUT2D eigenvalue weighted by Gasteiger charge is 2.20. The van der Waals surface area contributed by atoms with E-state index in [2.05, 4.69) is 87.6 Å². The molecule has 0 aliphatic carbocycles. The van der Waals surface area contributed by atoms with Crippen LogP contribution in [0, 0.1) is 0 Å². The number of hydrogen-bond donors (Lipinski definition) is 0. The van der Waals surface area contributed by atoms with E-state index in [-0.39, 0.29) is 0 Å². The predicted molar refractivity (Wildman–Crippen MR) is 168 cm³/mol. The number of fused-ring (bicyclic) bond motifs is 3. The lowest BCUT2D eigenvalue weighted by molar-refractivity contribution is 1.04. The fraction of sp³-hybridized carbons (Fsp3) is 0. The first-order valence-corrected chi connectivity index (χ1v) is 13.8. The van der Waals surface area contributed by atoms with E-state index in [0.717, 1.165) is 44.9 Å². The first-order valence-electron chi connectivity index (χ1n) is 13.8. The lowest BCUT2D eigenvalue weighted by atomic mass is 10.1. The minimum absolute atomic E-state index is 0.644. The molecule has 42 heavy (non-hydrogen) atoms. The fourth-order valence-corrected chi connectivity index (χ4v) is 5.68. The summed E-state index contributed by atoms with van der Waals surface area (Å²) in [5, 5.41) is 11.8. The number of nitrogens with zero attached hydrogens (tertiary/aromatic N) is 6. The van der Waals surface area contributed by atoms with E-state index in [1.54, 1.807) is 0 Å². The molecule has 6 heteroatoms. The maximum atomic E-state index is 4.78. The van der Waals surface area contributed by atoms with Crippen LogP contribution in [-0.2, 0) is 0 Å². The Morgan fingerprint density at radius 2 is 0.952 bits per heavy atom. The molecule has 4 aromatic heterocycles. The van der Waals surface area contributed by atoms with Gasteiger partial charge < -0.3 is 4.57 Å². The van der Waals surface area contributed by atoms with Crippen molar-refractivity contribution in [2.75, 3.05) is 0 Å². The number of rotatable bonds is 5. The van der Waals surface area contributed by atoms with Crippen molar-refractivity contribution in [3.8, 4) is 45.5 Å². The highest BCUT2D eigenvalue weighted by Crippen LogP contribution is 2.34. The molecule has 4 aromatic carbocycles. The van der Waals surface area contributed by atoms with Crippen molar-refractivity contribution in [2.24, 2.45) is 0 Å². The molecule has 0 aliphatic heterocycles. The van der Waals surface area contributed by atoms with Crippen LogP contribution in [-0.4, -0.2) is 29.3 Å². The lowest BCUT2D eigenvalue weighted by Crippen LogP contribution is -2.03. The summed E-state index contributed by atoms with van der Waals surface area (Å²) in [5.74, 6) is 1.30. The molecule has 0 N–H and O–H groups in total. The third-order valence-corrected chi connectivity index (χ3v) is 7.58. The molecule has 6 nitrogen and oxygen atoms in total. The van der Waals surface area contributed by atoms with E-state index in [1.165, 1.54) is 10.8 Å². The van der Waals surface area contributed by atoms with Gasteiger partial charge in [0, 0.05) is 34.5 Å². The average molecular weight is 541 g/mol. The third-order valence-electron chi connectivity index (χ3n) is 7.58. The number of pyridine rings is 2. The van der Waals surface area contributed by atoms with Gasteiger partial charge in [0.25, 0.3) is 0 Å². The molecule has 0 atom stereocenters. The van der Waals surface area contributed by atoms with Gasteiger partial charge in [-0.3, -0.25) is 14.5 Å². The normalized spacial score (nSPS) is 11.3. The van der Waals surface area contributed by atoms with E-state index >= 15 is 0 Å². The molecule has 8 aromatic rings. The summed E-state index contributed by atoms with van der Waals surface area (Å²) in [7, 11) is 0. The van der Waals surface area contributed by atoms with Crippen LogP contribution in [0.2, 0.25) is 0 Å². The molecule has 0 saturated carbocycles. The van der Waals surface area contributed by atoms with E-state index in [9.17, 15) is 0 Å². The van der Waals surface area contributed by atoms with Gasteiger partial charge in [0.15, 0.2) is 11.6 Å². The zero-order valence-electron chi connectivity index (χ0n) is 22.5. The second-order valence-electron chi connectivity index (χ2n) is 10.1. The number of para-hydroxylation sites is 3. The molecule has 0 saturated heterocycles. The van der Waals surface area contributed by atoms with Crippen LogP contribution < -0.4 is 0 Å². The zero-order valence-corrected chi connectivity index (χ0v) is 22.5. The van der Waals surface area contributed by atoms with Crippen molar-refractivity contribution in [2.45, 2.75) is 0 Å². The topological polar surface area (TPSA) is 61.4 Å². The zero-order chi connectivity index (χ0) is 27.9. The number of benzene rings is 4. The smallest absolute Gasteiger partial charge is 0.187 e. The maximum Gasteiger partial charge on any atom is 0.187 e.